The number of ether oxygens (including phenoxy) is 1. The number of hydrogen-bond acceptors (Lipinski definition) is 3. The predicted molar refractivity (Wildman–Crippen MR) is 75.5 cm³/mol. The molecular weight excluding hydrogens is 299 g/mol. The van der Waals surface area contributed by atoms with Gasteiger partial charge in [0.05, 0.1) is 5.41 Å². The van der Waals surface area contributed by atoms with Crippen molar-refractivity contribution in [2.45, 2.75) is 39.6 Å². The number of benzene rings is 1. The van der Waals surface area contributed by atoms with E-state index in [-0.39, 0.29) is 5.75 Å². The van der Waals surface area contributed by atoms with Gasteiger partial charge in [-0.15, -0.1) is 13.2 Å². The minimum atomic E-state index is -4.71. The van der Waals surface area contributed by atoms with E-state index in [1.54, 1.807) is 0 Å². The van der Waals surface area contributed by atoms with Gasteiger partial charge in [-0.05, 0) is 30.5 Å². The Labute approximate surface area is 127 Å². The van der Waals surface area contributed by atoms with Gasteiger partial charge >= 0.3 is 12.3 Å². The van der Waals surface area contributed by atoms with Gasteiger partial charge in [0.2, 0.25) is 0 Å². The molecule has 0 atom stereocenters. The van der Waals surface area contributed by atoms with E-state index in [9.17, 15) is 23.1 Å². The zero-order valence-electron chi connectivity index (χ0n) is 12.5. The Kier molecular flexibility index (Phi) is 6.22. The van der Waals surface area contributed by atoms with E-state index in [2.05, 4.69) is 10.1 Å². The monoisotopic (exact) mass is 319 g/mol. The summed E-state index contributed by atoms with van der Waals surface area (Å²) in [6.45, 7) is 4.32. The van der Waals surface area contributed by atoms with Crippen LogP contribution in [-0.2, 0) is 11.3 Å². The summed E-state index contributed by atoms with van der Waals surface area (Å²) < 4.78 is 39.9. The fourth-order valence-corrected chi connectivity index (χ4v) is 2.13. The molecule has 0 aliphatic heterocycles. The second-order valence-corrected chi connectivity index (χ2v) is 5.09. The molecule has 0 radical (unpaired) electrons. The van der Waals surface area contributed by atoms with Crippen LogP contribution in [0.3, 0.4) is 0 Å². The lowest BCUT2D eigenvalue weighted by molar-refractivity contribution is -0.274. The Morgan fingerprint density at radius 2 is 1.73 bits per heavy atom. The second-order valence-electron chi connectivity index (χ2n) is 5.09. The zero-order valence-corrected chi connectivity index (χ0v) is 12.5. The molecule has 4 nitrogen and oxygen atoms in total. The van der Waals surface area contributed by atoms with Gasteiger partial charge in [-0.3, -0.25) is 4.79 Å². The van der Waals surface area contributed by atoms with E-state index in [1.165, 1.54) is 24.3 Å². The molecular formula is C15H20F3NO3. The van der Waals surface area contributed by atoms with Crippen LogP contribution < -0.4 is 10.1 Å². The summed E-state index contributed by atoms with van der Waals surface area (Å²) in [6.07, 6.45) is -3.70. The molecule has 1 aromatic rings. The molecule has 22 heavy (non-hydrogen) atoms. The highest BCUT2D eigenvalue weighted by molar-refractivity contribution is 5.74. The molecule has 0 unspecified atom stereocenters. The van der Waals surface area contributed by atoms with E-state index in [4.69, 9.17) is 0 Å². The first-order chi connectivity index (χ1) is 10.2. The molecule has 0 saturated carbocycles. The quantitative estimate of drug-likeness (QED) is 0.769. The van der Waals surface area contributed by atoms with Crippen LogP contribution in [0.2, 0.25) is 0 Å². The standard InChI is InChI=1S/C15H20F3NO3/c1-3-14(4-2,13(20)21)10-19-9-11-5-7-12(8-6-11)22-15(16,17)18/h5-8,19H,3-4,9-10H2,1-2H3,(H,20,21). The third kappa shape index (κ3) is 5.22. The van der Waals surface area contributed by atoms with E-state index >= 15 is 0 Å². The van der Waals surface area contributed by atoms with Crippen LogP contribution in [0, 0.1) is 5.41 Å². The van der Waals surface area contributed by atoms with E-state index < -0.39 is 17.7 Å². The lowest BCUT2D eigenvalue weighted by Gasteiger charge is -2.27. The van der Waals surface area contributed by atoms with Gasteiger partial charge in [0, 0.05) is 13.1 Å². The number of carboxylic acid groups (broad SMARTS) is 1. The summed E-state index contributed by atoms with van der Waals surface area (Å²) in [4.78, 5) is 11.3. The molecule has 124 valence electrons. The lowest BCUT2D eigenvalue weighted by atomic mass is 9.82. The molecule has 0 bridgehead atoms. The van der Waals surface area contributed by atoms with Crippen LogP contribution in [0.15, 0.2) is 24.3 Å². The van der Waals surface area contributed by atoms with Crippen molar-refractivity contribution in [3.05, 3.63) is 29.8 Å². The first-order valence-electron chi connectivity index (χ1n) is 7.01. The number of carbonyl (C=O) groups is 1. The Morgan fingerprint density at radius 3 is 2.14 bits per heavy atom. The summed E-state index contributed by atoms with van der Waals surface area (Å²) >= 11 is 0. The molecule has 0 heterocycles. The number of carboxylic acids is 1. The first-order valence-corrected chi connectivity index (χ1v) is 7.01. The van der Waals surface area contributed by atoms with Crippen LogP contribution in [-0.4, -0.2) is 24.0 Å². The van der Waals surface area contributed by atoms with Gasteiger partial charge in [0.25, 0.3) is 0 Å². The summed E-state index contributed by atoms with van der Waals surface area (Å²) in [5, 5.41) is 12.4. The largest absolute Gasteiger partial charge is 0.573 e. The van der Waals surface area contributed by atoms with Crippen molar-refractivity contribution < 1.29 is 27.8 Å². The Hall–Kier alpha value is -1.76. The molecule has 2 N–H and O–H groups in total. The summed E-state index contributed by atoms with van der Waals surface area (Å²) in [5.41, 5.74) is -0.0692. The lowest BCUT2D eigenvalue weighted by Crippen LogP contribution is -2.39. The third-order valence-electron chi connectivity index (χ3n) is 3.76. The Balaban J connectivity index is 2.57. The van der Waals surface area contributed by atoms with Crippen LogP contribution in [0.4, 0.5) is 13.2 Å². The molecule has 0 aromatic heterocycles. The molecule has 0 amide bonds. The molecule has 0 fully saturated rings. The van der Waals surface area contributed by atoms with Crippen molar-refractivity contribution >= 4 is 5.97 Å². The van der Waals surface area contributed by atoms with Gasteiger partial charge in [0.1, 0.15) is 5.75 Å². The molecule has 7 heteroatoms. The van der Waals surface area contributed by atoms with Crippen LogP contribution >= 0.6 is 0 Å². The van der Waals surface area contributed by atoms with E-state index in [1.807, 2.05) is 13.8 Å². The highest BCUT2D eigenvalue weighted by Crippen LogP contribution is 2.26. The maximum absolute atomic E-state index is 12.0. The highest BCUT2D eigenvalue weighted by Gasteiger charge is 2.34. The van der Waals surface area contributed by atoms with Crippen molar-refractivity contribution in [1.82, 2.24) is 5.32 Å². The molecule has 0 aliphatic rings. The number of rotatable bonds is 8. The summed E-state index contributed by atoms with van der Waals surface area (Å²) in [5.74, 6) is -1.13. The SMILES string of the molecule is CCC(CC)(CNCc1ccc(OC(F)(F)F)cc1)C(=O)O. The Morgan fingerprint density at radius 1 is 1.18 bits per heavy atom. The molecule has 0 aliphatic carbocycles. The molecule has 1 aromatic carbocycles. The summed E-state index contributed by atoms with van der Waals surface area (Å²) in [7, 11) is 0. The van der Waals surface area contributed by atoms with Gasteiger partial charge < -0.3 is 15.2 Å². The Bertz CT molecular complexity index is 482. The molecule has 1 rings (SSSR count). The van der Waals surface area contributed by atoms with Crippen molar-refractivity contribution in [3.63, 3.8) is 0 Å². The van der Waals surface area contributed by atoms with E-state index in [0.717, 1.165) is 5.56 Å². The first kappa shape index (κ1) is 18.3. The number of alkyl halides is 3. The fraction of sp³-hybridized carbons (Fsp3) is 0.533. The van der Waals surface area contributed by atoms with Gasteiger partial charge in [-0.25, -0.2) is 0 Å². The van der Waals surface area contributed by atoms with E-state index in [0.29, 0.717) is 25.9 Å². The number of hydrogen-bond donors (Lipinski definition) is 2. The van der Waals surface area contributed by atoms with Crippen molar-refractivity contribution in [2.75, 3.05) is 6.54 Å². The zero-order chi connectivity index (χ0) is 16.8. The van der Waals surface area contributed by atoms with Crippen LogP contribution in [0.25, 0.3) is 0 Å². The second kappa shape index (κ2) is 7.49. The average Bonchev–Trinajstić information content (AvgIpc) is 2.44. The van der Waals surface area contributed by atoms with Crippen LogP contribution in [0.1, 0.15) is 32.3 Å². The highest BCUT2D eigenvalue weighted by atomic mass is 19.4. The number of halogens is 3. The van der Waals surface area contributed by atoms with Crippen molar-refractivity contribution in [1.29, 1.82) is 0 Å². The van der Waals surface area contributed by atoms with Crippen molar-refractivity contribution in [2.24, 2.45) is 5.41 Å². The fourth-order valence-electron chi connectivity index (χ4n) is 2.13. The normalized spacial score (nSPS) is 12.2. The molecule has 0 saturated heterocycles. The minimum absolute atomic E-state index is 0.279. The maximum atomic E-state index is 12.0. The average molecular weight is 319 g/mol. The maximum Gasteiger partial charge on any atom is 0.573 e. The van der Waals surface area contributed by atoms with Gasteiger partial charge in [0.15, 0.2) is 0 Å². The topological polar surface area (TPSA) is 58.6 Å². The number of aliphatic carboxylic acids is 1. The van der Waals surface area contributed by atoms with Crippen LogP contribution in [0.5, 0.6) is 5.75 Å². The number of nitrogens with one attached hydrogen (secondary N) is 1. The van der Waals surface area contributed by atoms with Crippen molar-refractivity contribution in [3.8, 4) is 5.75 Å². The minimum Gasteiger partial charge on any atom is -0.481 e. The third-order valence-corrected chi connectivity index (χ3v) is 3.76. The van der Waals surface area contributed by atoms with Gasteiger partial charge in [-0.2, -0.15) is 0 Å². The van der Waals surface area contributed by atoms with Gasteiger partial charge in [-0.1, -0.05) is 26.0 Å². The molecule has 0 spiro atoms. The predicted octanol–water partition coefficient (Wildman–Crippen LogP) is 3.57. The smallest absolute Gasteiger partial charge is 0.481 e. The summed E-state index contributed by atoms with van der Waals surface area (Å²) in [6, 6.07) is 5.48.